The van der Waals surface area contributed by atoms with Crippen molar-refractivity contribution in [3.05, 3.63) is 23.0 Å². The van der Waals surface area contributed by atoms with Crippen molar-refractivity contribution in [1.82, 2.24) is 4.98 Å². The Hall–Kier alpha value is -1.23. The van der Waals surface area contributed by atoms with Gasteiger partial charge in [-0.3, -0.25) is 4.98 Å². The highest BCUT2D eigenvalue weighted by molar-refractivity contribution is 5.40. The molecular formula is C8H10F2N2O. The fourth-order valence-electron chi connectivity index (χ4n) is 1.13. The van der Waals surface area contributed by atoms with Gasteiger partial charge >= 0.3 is 0 Å². The van der Waals surface area contributed by atoms with E-state index < -0.39 is 12.2 Å². The molecule has 3 nitrogen and oxygen atoms in total. The molecule has 5 heteroatoms. The second-order valence-electron chi connectivity index (χ2n) is 2.63. The van der Waals surface area contributed by atoms with E-state index in [4.69, 9.17) is 10.8 Å². The Morgan fingerprint density at radius 1 is 1.62 bits per heavy atom. The number of nitrogens with two attached hydrogens (primary N) is 1. The highest BCUT2D eigenvalue weighted by Gasteiger charge is 2.18. The number of hydrogen-bond donors (Lipinski definition) is 2. The van der Waals surface area contributed by atoms with Crippen LogP contribution >= 0.6 is 0 Å². The van der Waals surface area contributed by atoms with Crippen LogP contribution in [0.25, 0.3) is 0 Å². The smallest absolute Gasteiger partial charge is 0.267 e. The van der Waals surface area contributed by atoms with Crippen LogP contribution < -0.4 is 5.73 Å². The van der Waals surface area contributed by atoms with Crippen molar-refractivity contribution < 1.29 is 13.9 Å². The first-order valence-electron chi connectivity index (χ1n) is 3.73. The number of hydrogen-bond acceptors (Lipinski definition) is 3. The molecule has 0 fully saturated rings. The van der Waals surface area contributed by atoms with Crippen LogP contribution in [-0.2, 0) is 6.54 Å². The Morgan fingerprint density at radius 2 is 2.23 bits per heavy atom. The van der Waals surface area contributed by atoms with Crippen molar-refractivity contribution in [2.45, 2.75) is 19.9 Å². The Balaban J connectivity index is 3.30. The second kappa shape index (κ2) is 3.66. The van der Waals surface area contributed by atoms with Gasteiger partial charge in [-0.15, -0.1) is 0 Å². The number of nitrogens with zero attached hydrogens (tertiary/aromatic N) is 1. The summed E-state index contributed by atoms with van der Waals surface area (Å²) in [4.78, 5) is 3.73. The van der Waals surface area contributed by atoms with Gasteiger partial charge in [0.15, 0.2) is 0 Å². The summed E-state index contributed by atoms with van der Waals surface area (Å²) in [5, 5.41) is 9.10. The lowest BCUT2D eigenvalue weighted by Gasteiger charge is -2.09. The molecule has 0 saturated carbocycles. The lowest BCUT2D eigenvalue weighted by atomic mass is 10.1. The summed E-state index contributed by atoms with van der Waals surface area (Å²) in [6.45, 7) is 1.56. The first-order valence-corrected chi connectivity index (χ1v) is 3.73. The van der Waals surface area contributed by atoms with Crippen LogP contribution in [0.2, 0.25) is 0 Å². The normalized spacial score (nSPS) is 10.8. The van der Waals surface area contributed by atoms with E-state index in [0.29, 0.717) is 5.69 Å². The van der Waals surface area contributed by atoms with E-state index in [1.807, 2.05) is 0 Å². The first kappa shape index (κ1) is 9.85. The number of alkyl halides is 2. The third-order valence-corrected chi connectivity index (χ3v) is 1.87. The van der Waals surface area contributed by atoms with Gasteiger partial charge in [-0.25, -0.2) is 8.78 Å². The Labute approximate surface area is 74.2 Å². The molecule has 0 amide bonds. The predicted molar refractivity (Wildman–Crippen MR) is 43.5 cm³/mol. The molecule has 0 unspecified atom stereocenters. The standard InChI is InChI=1S/C8H10F2N2O/c1-4-5(2-11)12-3-6(13)7(4)8(9)10/h3,8,13H,2,11H2,1H3. The van der Waals surface area contributed by atoms with E-state index in [-0.39, 0.29) is 17.7 Å². The fourth-order valence-corrected chi connectivity index (χ4v) is 1.13. The van der Waals surface area contributed by atoms with Gasteiger partial charge in [0.2, 0.25) is 0 Å². The van der Waals surface area contributed by atoms with Crippen LogP contribution in [0.15, 0.2) is 6.20 Å². The van der Waals surface area contributed by atoms with Crippen LogP contribution in [0.1, 0.15) is 23.2 Å². The van der Waals surface area contributed by atoms with Gasteiger partial charge in [0.1, 0.15) is 5.75 Å². The van der Waals surface area contributed by atoms with Crippen molar-refractivity contribution in [2.75, 3.05) is 0 Å². The summed E-state index contributed by atoms with van der Waals surface area (Å²) in [6.07, 6.45) is -1.70. The number of rotatable bonds is 2. The van der Waals surface area contributed by atoms with Crippen molar-refractivity contribution in [3.63, 3.8) is 0 Å². The Kier molecular flexibility index (Phi) is 2.77. The zero-order valence-corrected chi connectivity index (χ0v) is 7.09. The van der Waals surface area contributed by atoms with E-state index >= 15 is 0 Å². The molecule has 0 spiro atoms. The molecular weight excluding hydrogens is 178 g/mol. The SMILES string of the molecule is Cc1c(CN)ncc(O)c1C(F)F. The van der Waals surface area contributed by atoms with Gasteiger partial charge in [-0.2, -0.15) is 0 Å². The number of halogens is 2. The minimum absolute atomic E-state index is 0.0891. The van der Waals surface area contributed by atoms with Crippen LogP contribution in [0.5, 0.6) is 5.75 Å². The van der Waals surface area contributed by atoms with E-state index in [1.165, 1.54) is 6.92 Å². The number of aromatic nitrogens is 1. The van der Waals surface area contributed by atoms with Gasteiger partial charge in [0.25, 0.3) is 6.43 Å². The summed E-state index contributed by atoms with van der Waals surface area (Å²) in [6, 6.07) is 0. The van der Waals surface area contributed by atoms with Gasteiger partial charge in [-0.1, -0.05) is 0 Å². The van der Waals surface area contributed by atoms with Crippen molar-refractivity contribution >= 4 is 0 Å². The molecule has 1 aromatic heterocycles. The molecule has 0 aliphatic carbocycles. The van der Waals surface area contributed by atoms with E-state index in [0.717, 1.165) is 6.20 Å². The van der Waals surface area contributed by atoms with Gasteiger partial charge < -0.3 is 10.8 Å². The maximum absolute atomic E-state index is 12.4. The molecule has 3 N–H and O–H groups in total. The molecule has 0 saturated heterocycles. The number of aromatic hydroxyl groups is 1. The minimum Gasteiger partial charge on any atom is -0.506 e. The van der Waals surface area contributed by atoms with E-state index in [2.05, 4.69) is 4.98 Å². The summed E-state index contributed by atoms with van der Waals surface area (Å²) >= 11 is 0. The quantitative estimate of drug-likeness (QED) is 0.739. The highest BCUT2D eigenvalue weighted by Crippen LogP contribution is 2.31. The fraction of sp³-hybridized carbons (Fsp3) is 0.375. The van der Waals surface area contributed by atoms with Crippen molar-refractivity contribution in [1.29, 1.82) is 0 Å². The van der Waals surface area contributed by atoms with Crippen LogP contribution in [0.4, 0.5) is 8.78 Å². The molecule has 0 radical (unpaired) electrons. The first-order chi connectivity index (χ1) is 6.07. The third-order valence-electron chi connectivity index (χ3n) is 1.87. The average molecular weight is 188 g/mol. The topological polar surface area (TPSA) is 59.1 Å². The molecule has 13 heavy (non-hydrogen) atoms. The predicted octanol–water partition coefficient (Wildman–Crippen LogP) is 1.49. The third kappa shape index (κ3) is 1.75. The molecule has 0 aromatic carbocycles. The second-order valence-corrected chi connectivity index (χ2v) is 2.63. The van der Waals surface area contributed by atoms with Gasteiger partial charge in [0, 0.05) is 6.54 Å². The molecule has 0 bridgehead atoms. The van der Waals surface area contributed by atoms with Gasteiger partial charge in [0.05, 0.1) is 17.5 Å². The number of pyridine rings is 1. The van der Waals surface area contributed by atoms with Gasteiger partial charge in [-0.05, 0) is 12.5 Å². The Bertz CT molecular complexity index is 315. The lowest BCUT2D eigenvalue weighted by molar-refractivity contribution is 0.146. The molecule has 0 aliphatic heterocycles. The zero-order valence-electron chi connectivity index (χ0n) is 7.09. The van der Waals surface area contributed by atoms with Crippen LogP contribution in [0, 0.1) is 6.92 Å². The summed E-state index contributed by atoms with van der Waals surface area (Å²) < 4.78 is 24.8. The van der Waals surface area contributed by atoms with Crippen LogP contribution in [-0.4, -0.2) is 10.1 Å². The monoisotopic (exact) mass is 188 g/mol. The van der Waals surface area contributed by atoms with Crippen molar-refractivity contribution in [3.8, 4) is 5.75 Å². The summed E-state index contributed by atoms with van der Waals surface area (Å²) in [5.74, 6) is -0.482. The molecule has 72 valence electrons. The average Bonchev–Trinajstić information content (AvgIpc) is 2.04. The zero-order chi connectivity index (χ0) is 10.0. The molecule has 1 heterocycles. The van der Waals surface area contributed by atoms with Crippen LogP contribution in [0.3, 0.4) is 0 Å². The minimum atomic E-state index is -2.70. The van der Waals surface area contributed by atoms with E-state index in [9.17, 15) is 8.78 Å². The molecule has 0 atom stereocenters. The molecule has 0 aliphatic rings. The van der Waals surface area contributed by atoms with Crippen molar-refractivity contribution in [2.24, 2.45) is 5.73 Å². The summed E-state index contributed by atoms with van der Waals surface area (Å²) in [7, 11) is 0. The largest absolute Gasteiger partial charge is 0.506 e. The molecule has 1 rings (SSSR count). The molecule has 1 aromatic rings. The van der Waals surface area contributed by atoms with E-state index in [1.54, 1.807) is 0 Å². The summed E-state index contributed by atoms with van der Waals surface area (Å²) in [5.41, 5.74) is 5.55. The Morgan fingerprint density at radius 3 is 2.69 bits per heavy atom. The lowest BCUT2D eigenvalue weighted by Crippen LogP contribution is -2.05. The maximum atomic E-state index is 12.4. The maximum Gasteiger partial charge on any atom is 0.267 e. The highest BCUT2D eigenvalue weighted by atomic mass is 19.3.